The number of nitrogens with zero attached hydrogens (tertiary/aromatic N) is 1. The molecule has 15 heavy (non-hydrogen) atoms. The van der Waals surface area contributed by atoms with Gasteiger partial charge in [0.25, 0.3) is 0 Å². The Hall–Kier alpha value is -0.0200. The lowest BCUT2D eigenvalue weighted by molar-refractivity contribution is -0.111. The van der Waals surface area contributed by atoms with Crippen molar-refractivity contribution in [2.75, 3.05) is 26.4 Å². The van der Waals surface area contributed by atoms with Crippen molar-refractivity contribution in [2.45, 2.75) is 45.4 Å². The highest BCUT2D eigenvalue weighted by Crippen LogP contribution is 2.11. The van der Waals surface area contributed by atoms with Crippen LogP contribution in [0.3, 0.4) is 0 Å². The van der Waals surface area contributed by atoms with Gasteiger partial charge in [0.15, 0.2) is 5.12 Å². The van der Waals surface area contributed by atoms with Crippen molar-refractivity contribution in [1.82, 2.24) is 4.90 Å². The molecule has 90 valence electrons. The molecule has 0 saturated carbocycles. The van der Waals surface area contributed by atoms with Gasteiger partial charge in [0.05, 0.1) is 0 Å². The molecule has 3 heteroatoms. The minimum absolute atomic E-state index is 0.369. The van der Waals surface area contributed by atoms with Crippen molar-refractivity contribution >= 4 is 16.9 Å². The normalized spacial score (nSPS) is 10.9. The second-order valence-corrected chi connectivity index (χ2v) is 5.34. The van der Waals surface area contributed by atoms with Gasteiger partial charge in [0.1, 0.15) is 0 Å². The quantitative estimate of drug-likeness (QED) is 0.569. The first kappa shape index (κ1) is 15.0. The van der Waals surface area contributed by atoms with Crippen molar-refractivity contribution < 1.29 is 4.79 Å². The van der Waals surface area contributed by atoms with Gasteiger partial charge < -0.3 is 4.90 Å². The molecule has 0 aromatic carbocycles. The lowest BCUT2D eigenvalue weighted by Crippen LogP contribution is -2.15. The summed E-state index contributed by atoms with van der Waals surface area (Å²) in [6.07, 6.45) is 6.92. The van der Waals surface area contributed by atoms with Gasteiger partial charge in [0, 0.05) is 18.7 Å². The predicted octanol–water partition coefficient (Wildman–Crippen LogP) is 3.17. The third-order valence-electron chi connectivity index (χ3n) is 2.29. The molecule has 0 saturated heterocycles. The van der Waals surface area contributed by atoms with E-state index in [0.29, 0.717) is 5.12 Å². The lowest BCUT2D eigenvalue weighted by atomic mass is 10.1. The molecule has 0 aromatic heterocycles. The van der Waals surface area contributed by atoms with Crippen LogP contribution < -0.4 is 0 Å². The summed E-state index contributed by atoms with van der Waals surface area (Å²) >= 11 is 1.49. The summed E-state index contributed by atoms with van der Waals surface area (Å²) in [6, 6.07) is 0. The summed E-state index contributed by atoms with van der Waals surface area (Å²) in [5.41, 5.74) is 0. The monoisotopic (exact) mass is 231 g/mol. The molecule has 0 rings (SSSR count). The van der Waals surface area contributed by atoms with Gasteiger partial charge in [-0.05, 0) is 20.5 Å². The molecule has 0 fully saturated rings. The molecule has 0 aliphatic carbocycles. The van der Waals surface area contributed by atoms with E-state index in [-0.39, 0.29) is 0 Å². The summed E-state index contributed by atoms with van der Waals surface area (Å²) in [5, 5.41) is 0.369. The van der Waals surface area contributed by atoms with Crippen molar-refractivity contribution in [2.24, 2.45) is 0 Å². The third-order valence-corrected chi connectivity index (χ3v) is 3.20. The van der Waals surface area contributed by atoms with Crippen LogP contribution in [0.5, 0.6) is 0 Å². The first-order valence-electron chi connectivity index (χ1n) is 5.97. The fourth-order valence-electron chi connectivity index (χ4n) is 1.29. The third kappa shape index (κ3) is 11.9. The zero-order valence-corrected chi connectivity index (χ0v) is 11.2. The Morgan fingerprint density at radius 1 is 1.13 bits per heavy atom. The smallest absolute Gasteiger partial charge is 0.188 e. The zero-order chi connectivity index (χ0) is 11.5. The summed E-state index contributed by atoms with van der Waals surface area (Å²) in [4.78, 5) is 13.5. The zero-order valence-electron chi connectivity index (χ0n) is 10.4. The molecule has 0 bridgehead atoms. The van der Waals surface area contributed by atoms with Crippen molar-refractivity contribution in [1.29, 1.82) is 0 Å². The van der Waals surface area contributed by atoms with Gasteiger partial charge in [-0.1, -0.05) is 44.4 Å². The molecule has 0 N–H and O–H groups in total. The Morgan fingerprint density at radius 2 is 1.80 bits per heavy atom. The molecule has 0 heterocycles. The summed E-state index contributed by atoms with van der Waals surface area (Å²) in [6.45, 7) is 3.20. The van der Waals surface area contributed by atoms with E-state index in [2.05, 4.69) is 11.8 Å². The van der Waals surface area contributed by atoms with Crippen LogP contribution in [0.1, 0.15) is 45.4 Å². The second kappa shape index (κ2) is 10.5. The largest absolute Gasteiger partial charge is 0.309 e. The maximum Gasteiger partial charge on any atom is 0.188 e. The highest BCUT2D eigenvalue weighted by molar-refractivity contribution is 8.13. The molecule has 0 aliphatic heterocycles. The number of hydrogen-bond acceptors (Lipinski definition) is 3. The van der Waals surface area contributed by atoms with Crippen LogP contribution in [0.4, 0.5) is 0 Å². The average molecular weight is 231 g/mol. The van der Waals surface area contributed by atoms with Gasteiger partial charge in [0.2, 0.25) is 0 Å². The predicted molar refractivity (Wildman–Crippen MR) is 69.4 cm³/mol. The Balaban J connectivity index is 3.19. The Labute approximate surface area is 98.8 Å². The first-order chi connectivity index (χ1) is 7.16. The van der Waals surface area contributed by atoms with Gasteiger partial charge >= 0.3 is 0 Å². The Bertz CT molecular complexity index is 160. The average Bonchev–Trinajstić information content (AvgIpc) is 2.17. The van der Waals surface area contributed by atoms with E-state index in [4.69, 9.17) is 0 Å². The number of rotatable bonds is 9. The first-order valence-corrected chi connectivity index (χ1v) is 6.95. The number of carbonyl (C=O) groups is 1. The Kier molecular flexibility index (Phi) is 10.5. The van der Waals surface area contributed by atoms with E-state index in [1.54, 1.807) is 0 Å². The standard InChI is InChI=1S/C12H25NOS/c1-4-5-6-7-8-9-12(14)15-11-10-13(2)3/h4-11H2,1-3H3. The molecular weight excluding hydrogens is 206 g/mol. The van der Waals surface area contributed by atoms with E-state index in [1.165, 1.54) is 37.4 Å². The molecule has 0 spiro atoms. The number of hydrogen-bond donors (Lipinski definition) is 0. The Morgan fingerprint density at radius 3 is 2.40 bits per heavy atom. The van der Waals surface area contributed by atoms with Crippen LogP contribution in [0.25, 0.3) is 0 Å². The van der Waals surface area contributed by atoms with Crippen molar-refractivity contribution in [3.8, 4) is 0 Å². The van der Waals surface area contributed by atoms with Crippen molar-refractivity contribution in [3.05, 3.63) is 0 Å². The van der Waals surface area contributed by atoms with Gasteiger partial charge in [-0.15, -0.1) is 0 Å². The lowest BCUT2D eigenvalue weighted by Gasteiger charge is -2.07. The number of carbonyl (C=O) groups excluding carboxylic acids is 1. The van der Waals surface area contributed by atoms with Crippen LogP contribution >= 0.6 is 11.8 Å². The fraction of sp³-hybridized carbons (Fsp3) is 0.917. The van der Waals surface area contributed by atoms with Gasteiger partial charge in [-0.25, -0.2) is 0 Å². The highest BCUT2D eigenvalue weighted by Gasteiger charge is 2.02. The second-order valence-electron chi connectivity index (χ2n) is 4.19. The van der Waals surface area contributed by atoms with Gasteiger partial charge in [-0.2, -0.15) is 0 Å². The maximum absolute atomic E-state index is 11.4. The van der Waals surface area contributed by atoms with Crippen LogP contribution in [-0.2, 0) is 4.79 Å². The van der Waals surface area contributed by atoms with Crippen LogP contribution in [0.2, 0.25) is 0 Å². The summed E-state index contributed by atoms with van der Waals surface area (Å²) in [7, 11) is 4.07. The molecule has 2 nitrogen and oxygen atoms in total. The van der Waals surface area contributed by atoms with E-state index < -0.39 is 0 Å². The van der Waals surface area contributed by atoms with E-state index in [9.17, 15) is 4.79 Å². The number of unbranched alkanes of at least 4 members (excludes halogenated alkanes) is 4. The molecule has 0 amide bonds. The molecule has 0 atom stereocenters. The molecular formula is C12H25NOS. The van der Waals surface area contributed by atoms with Crippen molar-refractivity contribution in [3.63, 3.8) is 0 Å². The highest BCUT2D eigenvalue weighted by atomic mass is 32.2. The molecule has 0 aliphatic rings. The van der Waals surface area contributed by atoms with Gasteiger partial charge in [-0.3, -0.25) is 4.79 Å². The topological polar surface area (TPSA) is 20.3 Å². The van der Waals surface area contributed by atoms with Crippen LogP contribution in [-0.4, -0.2) is 36.4 Å². The number of thioether (sulfide) groups is 1. The summed E-state index contributed by atoms with van der Waals surface area (Å²) in [5.74, 6) is 0.931. The molecule has 0 radical (unpaired) electrons. The van der Waals surface area contributed by atoms with E-state index >= 15 is 0 Å². The van der Waals surface area contributed by atoms with Crippen LogP contribution in [0.15, 0.2) is 0 Å². The minimum atomic E-state index is 0.369. The summed E-state index contributed by atoms with van der Waals surface area (Å²) < 4.78 is 0. The SMILES string of the molecule is CCCCCCCC(=O)SCCN(C)C. The van der Waals surface area contributed by atoms with Crippen LogP contribution in [0, 0.1) is 0 Å². The fourth-order valence-corrected chi connectivity index (χ4v) is 2.26. The molecule has 0 unspecified atom stereocenters. The molecule has 0 aromatic rings. The van der Waals surface area contributed by atoms with E-state index in [1.807, 2.05) is 14.1 Å². The maximum atomic E-state index is 11.4. The van der Waals surface area contributed by atoms with E-state index in [0.717, 1.165) is 25.1 Å². The minimum Gasteiger partial charge on any atom is -0.309 e.